The lowest BCUT2D eigenvalue weighted by Gasteiger charge is -2.26. The molecule has 1 N–H and O–H groups in total. The maximum Gasteiger partial charge on any atom is 0.119 e. The Morgan fingerprint density at radius 3 is 2.71 bits per heavy atom. The first-order chi connectivity index (χ1) is 8.42. The summed E-state index contributed by atoms with van der Waals surface area (Å²) >= 11 is 0. The van der Waals surface area contributed by atoms with Gasteiger partial charge in [0.2, 0.25) is 0 Å². The summed E-state index contributed by atoms with van der Waals surface area (Å²) < 4.78 is 5.85. The van der Waals surface area contributed by atoms with E-state index >= 15 is 0 Å². The van der Waals surface area contributed by atoms with Gasteiger partial charge in [0, 0.05) is 0 Å². The summed E-state index contributed by atoms with van der Waals surface area (Å²) in [4.78, 5) is 0. The number of rotatable bonds is 4. The lowest BCUT2D eigenvalue weighted by Crippen LogP contribution is -2.42. The molecule has 2 nitrogen and oxygen atoms in total. The molecule has 1 saturated heterocycles. The molecule has 0 bridgehead atoms. The third-order valence-electron chi connectivity index (χ3n) is 3.98. The van der Waals surface area contributed by atoms with Crippen LogP contribution in [-0.2, 0) is 12.8 Å². The Bertz CT molecular complexity index is 385. The Kier molecular flexibility index (Phi) is 3.32. The van der Waals surface area contributed by atoms with E-state index in [0.29, 0.717) is 0 Å². The van der Waals surface area contributed by atoms with Gasteiger partial charge < -0.3 is 10.1 Å². The van der Waals surface area contributed by atoms with Gasteiger partial charge in [-0.1, -0.05) is 6.07 Å². The van der Waals surface area contributed by atoms with Gasteiger partial charge in [0.15, 0.2) is 0 Å². The van der Waals surface area contributed by atoms with Crippen LogP contribution in [0.1, 0.15) is 30.4 Å². The molecule has 2 aliphatic rings. The molecular weight excluding hydrogens is 210 g/mol. The van der Waals surface area contributed by atoms with Crippen molar-refractivity contribution in [1.29, 1.82) is 0 Å². The van der Waals surface area contributed by atoms with Crippen molar-refractivity contribution in [3.63, 3.8) is 0 Å². The summed E-state index contributed by atoms with van der Waals surface area (Å²) in [6, 6.07) is 6.66. The van der Waals surface area contributed by atoms with Gasteiger partial charge in [-0.25, -0.2) is 0 Å². The van der Waals surface area contributed by atoms with Gasteiger partial charge in [0.1, 0.15) is 5.75 Å². The molecule has 1 aromatic carbocycles. The minimum absolute atomic E-state index is 0.840. The van der Waals surface area contributed by atoms with E-state index in [1.807, 2.05) is 0 Å². The van der Waals surface area contributed by atoms with Gasteiger partial charge in [-0.05, 0) is 74.4 Å². The Labute approximate surface area is 103 Å². The molecular formula is C15H21NO. The SMILES string of the molecule is c1cc2c(cc1OCCC1CNC1)CCCC2. The number of benzene rings is 1. The van der Waals surface area contributed by atoms with Crippen molar-refractivity contribution < 1.29 is 4.74 Å². The molecule has 1 aliphatic carbocycles. The predicted molar refractivity (Wildman–Crippen MR) is 69.6 cm³/mol. The van der Waals surface area contributed by atoms with E-state index in [2.05, 4.69) is 23.5 Å². The normalized spacial score (nSPS) is 19.5. The molecule has 0 amide bonds. The second kappa shape index (κ2) is 5.09. The average Bonchev–Trinajstić information content (AvgIpc) is 2.32. The Morgan fingerprint density at radius 2 is 1.94 bits per heavy atom. The molecule has 2 heteroatoms. The van der Waals surface area contributed by atoms with Crippen LogP contribution in [-0.4, -0.2) is 19.7 Å². The van der Waals surface area contributed by atoms with Gasteiger partial charge in [-0.3, -0.25) is 0 Å². The molecule has 1 fully saturated rings. The van der Waals surface area contributed by atoms with Crippen molar-refractivity contribution >= 4 is 0 Å². The van der Waals surface area contributed by atoms with Crippen LogP contribution in [0.3, 0.4) is 0 Å². The zero-order chi connectivity index (χ0) is 11.5. The predicted octanol–water partition coefficient (Wildman–Crippen LogP) is 2.55. The van der Waals surface area contributed by atoms with Crippen LogP contribution in [0, 0.1) is 5.92 Å². The van der Waals surface area contributed by atoms with Crippen molar-refractivity contribution in [3.8, 4) is 5.75 Å². The molecule has 0 aromatic heterocycles. The quantitative estimate of drug-likeness (QED) is 0.860. The van der Waals surface area contributed by atoms with Crippen LogP contribution in [0.2, 0.25) is 0 Å². The number of hydrogen-bond acceptors (Lipinski definition) is 2. The molecule has 3 rings (SSSR count). The van der Waals surface area contributed by atoms with Crippen LogP contribution in [0.5, 0.6) is 5.75 Å². The molecule has 0 unspecified atom stereocenters. The van der Waals surface area contributed by atoms with Crippen molar-refractivity contribution in [1.82, 2.24) is 5.32 Å². The van der Waals surface area contributed by atoms with Crippen molar-refractivity contribution in [2.24, 2.45) is 5.92 Å². The van der Waals surface area contributed by atoms with Gasteiger partial charge in [0.05, 0.1) is 6.61 Å². The molecule has 0 saturated carbocycles. The number of aryl methyl sites for hydroxylation is 2. The lowest BCUT2D eigenvalue weighted by atomic mass is 9.92. The van der Waals surface area contributed by atoms with Gasteiger partial charge in [-0.15, -0.1) is 0 Å². The van der Waals surface area contributed by atoms with Crippen LogP contribution >= 0.6 is 0 Å². The van der Waals surface area contributed by atoms with Gasteiger partial charge in [-0.2, -0.15) is 0 Å². The first-order valence-electron chi connectivity index (χ1n) is 6.87. The number of ether oxygens (including phenoxy) is 1. The van der Waals surface area contributed by atoms with E-state index in [9.17, 15) is 0 Å². The van der Waals surface area contributed by atoms with E-state index < -0.39 is 0 Å². The third-order valence-corrected chi connectivity index (χ3v) is 3.98. The molecule has 0 radical (unpaired) electrons. The van der Waals surface area contributed by atoms with E-state index in [1.54, 1.807) is 0 Å². The number of nitrogens with one attached hydrogen (secondary N) is 1. The van der Waals surface area contributed by atoms with E-state index in [0.717, 1.165) is 18.3 Å². The summed E-state index contributed by atoms with van der Waals surface area (Å²) in [7, 11) is 0. The van der Waals surface area contributed by atoms with E-state index in [4.69, 9.17) is 4.74 Å². The second-order valence-corrected chi connectivity index (χ2v) is 5.30. The molecule has 1 aromatic rings. The number of fused-ring (bicyclic) bond motifs is 1. The summed E-state index contributed by atoms with van der Waals surface area (Å²) in [6.45, 7) is 3.21. The average molecular weight is 231 g/mol. The molecule has 0 spiro atoms. The molecule has 0 atom stereocenters. The van der Waals surface area contributed by atoms with E-state index in [1.165, 1.54) is 56.3 Å². The highest BCUT2D eigenvalue weighted by molar-refractivity contribution is 5.37. The van der Waals surface area contributed by atoms with Crippen LogP contribution in [0.25, 0.3) is 0 Å². The first-order valence-corrected chi connectivity index (χ1v) is 6.87. The summed E-state index contributed by atoms with van der Waals surface area (Å²) in [5.41, 5.74) is 3.05. The highest BCUT2D eigenvalue weighted by atomic mass is 16.5. The molecule has 17 heavy (non-hydrogen) atoms. The maximum absolute atomic E-state index is 5.85. The van der Waals surface area contributed by atoms with Gasteiger partial charge in [0.25, 0.3) is 0 Å². The summed E-state index contributed by atoms with van der Waals surface area (Å²) in [6.07, 6.45) is 6.36. The largest absolute Gasteiger partial charge is 0.494 e. The van der Waals surface area contributed by atoms with Crippen LogP contribution in [0.15, 0.2) is 18.2 Å². The minimum Gasteiger partial charge on any atom is -0.494 e. The Balaban J connectivity index is 1.55. The fraction of sp³-hybridized carbons (Fsp3) is 0.600. The monoisotopic (exact) mass is 231 g/mol. The zero-order valence-corrected chi connectivity index (χ0v) is 10.4. The molecule has 1 heterocycles. The topological polar surface area (TPSA) is 21.3 Å². The van der Waals surface area contributed by atoms with Crippen LogP contribution < -0.4 is 10.1 Å². The molecule has 1 aliphatic heterocycles. The summed E-state index contributed by atoms with van der Waals surface area (Å²) in [5.74, 6) is 1.91. The third kappa shape index (κ3) is 2.63. The second-order valence-electron chi connectivity index (χ2n) is 5.30. The number of hydrogen-bond donors (Lipinski definition) is 1. The van der Waals surface area contributed by atoms with Crippen molar-refractivity contribution in [3.05, 3.63) is 29.3 Å². The summed E-state index contributed by atoms with van der Waals surface area (Å²) in [5, 5.41) is 3.30. The highest BCUT2D eigenvalue weighted by Crippen LogP contribution is 2.25. The minimum atomic E-state index is 0.840. The van der Waals surface area contributed by atoms with Crippen molar-refractivity contribution in [2.75, 3.05) is 19.7 Å². The maximum atomic E-state index is 5.85. The van der Waals surface area contributed by atoms with Crippen molar-refractivity contribution in [2.45, 2.75) is 32.1 Å². The van der Waals surface area contributed by atoms with Crippen LogP contribution in [0.4, 0.5) is 0 Å². The smallest absolute Gasteiger partial charge is 0.119 e. The zero-order valence-electron chi connectivity index (χ0n) is 10.4. The highest BCUT2D eigenvalue weighted by Gasteiger charge is 2.16. The lowest BCUT2D eigenvalue weighted by molar-refractivity contribution is 0.238. The van der Waals surface area contributed by atoms with Gasteiger partial charge >= 0.3 is 0 Å². The standard InChI is InChI=1S/C15H21NO/c1-2-4-14-9-15(6-5-13(14)3-1)17-8-7-12-10-16-11-12/h5-6,9,12,16H,1-4,7-8,10-11H2. The Hall–Kier alpha value is -1.02. The fourth-order valence-corrected chi connectivity index (χ4v) is 2.70. The molecule has 92 valence electrons. The Morgan fingerprint density at radius 1 is 1.12 bits per heavy atom. The fourth-order valence-electron chi connectivity index (χ4n) is 2.70. The van der Waals surface area contributed by atoms with E-state index in [-0.39, 0.29) is 0 Å². The first kappa shape index (κ1) is 11.1.